The van der Waals surface area contributed by atoms with Crippen molar-refractivity contribution in [1.82, 2.24) is 5.32 Å². The number of aliphatic hydroxyl groups is 1. The summed E-state index contributed by atoms with van der Waals surface area (Å²) >= 11 is 0. The Morgan fingerprint density at radius 2 is 1.89 bits per heavy atom. The number of nitrogen functional groups attached to an aromatic ring is 1. The molecule has 6 N–H and O–H groups in total. The van der Waals surface area contributed by atoms with Crippen LogP contribution in [0.15, 0.2) is 23.1 Å². The van der Waals surface area contributed by atoms with Crippen LogP contribution in [-0.2, 0) is 19.4 Å². The molecule has 1 aromatic rings. The summed E-state index contributed by atoms with van der Waals surface area (Å²) in [5, 5.41) is 23.6. The van der Waals surface area contributed by atoms with E-state index in [1.165, 1.54) is 19.9 Å². The standard InChI is InChI=1S/C17H27N3O6S/c1-17(2,16(23)24)11-15(22)20-7-3-6-19-13-5-4-12(18)10-14(13)27(25,26)9-8-21/h4-5,10,19,21H,3,6-9,11,18H2,1-2H3,(H,20,22)(H,23,24). The summed E-state index contributed by atoms with van der Waals surface area (Å²) in [5.41, 5.74) is 5.19. The summed E-state index contributed by atoms with van der Waals surface area (Å²) in [6, 6.07) is 4.45. The van der Waals surface area contributed by atoms with E-state index in [1.807, 2.05) is 0 Å². The zero-order valence-corrected chi connectivity index (χ0v) is 16.3. The third kappa shape index (κ3) is 7.06. The molecule has 0 saturated heterocycles. The molecule has 10 heteroatoms. The molecule has 0 fully saturated rings. The lowest BCUT2D eigenvalue weighted by molar-refractivity contribution is -0.149. The van der Waals surface area contributed by atoms with Gasteiger partial charge in [-0.05, 0) is 38.5 Å². The lowest BCUT2D eigenvalue weighted by atomic mass is 9.89. The Hall–Kier alpha value is -2.33. The molecule has 0 aromatic heterocycles. The van der Waals surface area contributed by atoms with Gasteiger partial charge >= 0.3 is 5.97 Å². The fourth-order valence-electron chi connectivity index (χ4n) is 2.25. The number of carboxylic acids is 1. The summed E-state index contributed by atoms with van der Waals surface area (Å²) in [6.45, 7) is 3.16. The van der Waals surface area contributed by atoms with E-state index in [0.29, 0.717) is 30.9 Å². The SMILES string of the molecule is CC(C)(CC(=O)NCCCNc1ccc(N)cc1S(=O)(=O)CCO)C(=O)O. The Morgan fingerprint density at radius 1 is 1.22 bits per heavy atom. The fraction of sp³-hybridized carbons (Fsp3) is 0.529. The van der Waals surface area contributed by atoms with Gasteiger partial charge in [0.2, 0.25) is 5.91 Å². The highest BCUT2D eigenvalue weighted by atomic mass is 32.2. The van der Waals surface area contributed by atoms with Crippen molar-refractivity contribution in [2.75, 3.05) is 36.5 Å². The summed E-state index contributed by atoms with van der Waals surface area (Å²) in [7, 11) is -3.67. The van der Waals surface area contributed by atoms with E-state index in [2.05, 4.69) is 10.6 Å². The summed E-state index contributed by atoms with van der Waals surface area (Å²) in [4.78, 5) is 22.8. The number of rotatable bonds is 11. The number of hydrogen-bond donors (Lipinski definition) is 5. The molecule has 1 aromatic carbocycles. The first-order valence-electron chi connectivity index (χ1n) is 8.47. The molecular weight excluding hydrogens is 374 g/mol. The molecule has 27 heavy (non-hydrogen) atoms. The van der Waals surface area contributed by atoms with Crippen molar-refractivity contribution >= 4 is 33.1 Å². The van der Waals surface area contributed by atoms with Gasteiger partial charge < -0.3 is 26.6 Å². The van der Waals surface area contributed by atoms with E-state index in [0.717, 1.165) is 0 Å². The Bertz CT molecular complexity index is 777. The first-order valence-corrected chi connectivity index (χ1v) is 10.1. The van der Waals surface area contributed by atoms with E-state index < -0.39 is 33.6 Å². The summed E-state index contributed by atoms with van der Waals surface area (Å²) in [6.07, 6.45) is 0.375. The molecule has 0 unspecified atom stereocenters. The molecule has 1 rings (SSSR count). The van der Waals surface area contributed by atoms with Crippen molar-refractivity contribution in [3.05, 3.63) is 18.2 Å². The van der Waals surface area contributed by atoms with Crippen LogP contribution in [0.3, 0.4) is 0 Å². The Balaban J connectivity index is 2.56. The molecule has 0 bridgehead atoms. The van der Waals surface area contributed by atoms with Crippen molar-refractivity contribution in [2.45, 2.75) is 31.6 Å². The molecule has 0 atom stereocenters. The lowest BCUT2D eigenvalue weighted by Gasteiger charge is -2.18. The monoisotopic (exact) mass is 401 g/mol. The number of carboxylic acid groups (broad SMARTS) is 1. The van der Waals surface area contributed by atoms with Gasteiger partial charge in [-0.25, -0.2) is 8.42 Å². The molecule has 152 valence electrons. The number of carbonyl (C=O) groups is 2. The van der Waals surface area contributed by atoms with Crippen LogP contribution in [0.4, 0.5) is 11.4 Å². The first-order chi connectivity index (χ1) is 12.5. The van der Waals surface area contributed by atoms with E-state index in [-0.39, 0.29) is 17.2 Å². The van der Waals surface area contributed by atoms with Crippen LogP contribution >= 0.6 is 0 Å². The summed E-state index contributed by atoms with van der Waals surface area (Å²) in [5.74, 6) is -1.80. The van der Waals surface area contributed by atoms with Gasteiger partial charge in [-0.3, -0.25) is 9.59 Å². The van der Waals surface area contributed by atoms with Crippen molar-refractivity contribution in [1.29, 1.82) is 0 Å². The van der Waals surface area contributed by atoms with E-state index in [4.69, 9.17) is 15.9 Å². The first kappa shape index (κ1) is 22.7. The quantitative estimate of drug-likeness (QED) is 0.264. The average molecular weight is 401 g/mol. The minimum Gasteiger partial charge on any atom is -0.481 e. The number of sulfone groups is 1. The normalized spacial score (nSPS) is 11.8. The maximum absolute atomic E-state index is 12.2. The number of nitrogens with two attached hydrogens (primary N) is 1. The topological polar surface area (TPSA) is 159 Å². The second-order valence-corrected chi connectivity index (χ2v) is 8.87. The zero-order chi connectivity index (χ0) is 20.7. The van der Waals surface area contributed by atoms with Gasteiger partial charge in [0, 0.05) is 25.2 Å². The number of benzene rings is 1. The lowest BCUT2D eigenvalue weighted by Crippen LogP contribution is -2.34. The average Bonchev–Trinajstić information content (AvgIpc) is 2.55. The molecule has 0 aliphatic carbocycles. The number of anilines is 2. The van der Waals surface area contributed by atoms with E-state index >= 15 is 0 Å². The highest BCUT2D eigenvalue weighted by Gasteiger charge is 2.29. The van der Waals surface area contributed by atoms with Gasteiger partial charge in [-0.15, -0.1) is 0 Å². The zero-order valence-electron chi connectivity index (χ0n) is 15.5. The number of nitrogens with one attached hydrogen (secondary N) is 2. The van der Waals surface area contributed by atoms with Crippen molar-refractivity contribution in [3.8, 4) is 0 Å². The van der Waals surface area contributed by atoms with Crippen LogP contribution in [0.25, 0.3) is 0 Å². The maximum Gasteiger partial charge on any atom is 0.309 e. The molecule has 0 aliphatic rings. The third-order valence-corrected chi connectivity index (χ3v) is 5.60. The highest BCUT2D eigenvalue weighted by molar-refractivity contribution is 7.91. The van der Waals surface area contributed by atoms with Crippen molar-refractivity contribution < 1.29 is 28.2 Å². The Kier molecular flexibility index (Phi) is 8.04. The van der Waals surface area contributed by atoms with Crippen LogP contribution in [0.5, 0.6) is 0 Å². The molecular formula is C17H27N3O6S. The molecule has 9 nitrogen and oxygen atoms in total. The van der Waals surface area contributed by atoms with Crippen LogP contribution in [-0.4, -0.2) is 56.0 Å². The minimum absolute atomic E-state index is 0.0174. The second kappa shape index (κ2) is 9.56. The largest absolute Gasteiger partial charge is 0.481 e. The molecule has 0 spiro atoms. The summed E-state index contributed by atoms with van der Waals surface area (Å²) < 4.78 is 24.4. The van der Waals surface area contributed by atoms with Gasteiger partial charge in [0.25, 0.3) is 0 Å². The van der Waals surface area contributed by atoms with Crippen molar-refractivity contribution in [3.63, 3.8) is 0 Å². The molecule has 0 saturated carbocycles. The van der Waals surface area contributed by atoms with Gasteiger partial charge in [0.15, 0.2) is 9.84 Å². The minimum atomic E-state index is -3.67. The number of hydrogen-bond acceptors (Lipinski definition) is 7. The van der Waals surface area contributed by atoms with Gasteiger partial charge in [0.1, 0.15) is 0 Å². The predicted molar refractivity (Wildman–Crippen MR) is 102 cm³/mol. The molecule has 0 aliphatic heterocycles. The third-order valence-electron chi connectivity index (χ3n) is 3.87. The number of aliphatic carboxylic acids is 1. The molecule has 0 heterocycles. The number of aliphatic hydroxyl groups excluding tert-OH is 1. The van der Waals surface area contributed by atoms with Crippen LogP contribution in [0, 0.1) is 5.41 Å². The predicted octanol–water partition coefficient (Wildman–Crippen LogP) is 0.454. The van der Waals surface area contributed by atoms with Gasteiger partial charge in [-0.2, -0.15) is 0 Å². The molecule has 0 radical (unpaired) electrons. The smallest absolute Gasteiger partial charge is 0.309 e. The Labute approximate surface area is 158 Å². The van der Waals surface area contributed by atoms with E-state index in [9.17, 15) is 18.0 Å². The Morgan fingerprint density at radius 3 is 2.48 bits per heavy atom. The highest BCUT2D eigenvalue weighted by Crippen LogP contribution is 2.25. The maximum atomic E-state index is 12.2. The van der Waals surface area contributed by atoms with Crippen molar-refractivity contribution in [2.24, 2.45) is 5.41 Å². The van der Waals surface area contributed by atoms with E-state index in [1.54, 1.807) is 12.1 Å². The number of carbonyl (C=O) groups excluding carboxylic acids is 1. The van der Waals surface area contributed by atoms with Crippen LogP contribution in [0.1, 0.15) is 26.7 Å². The van der Waals surface area contributed by atoms with Crippen LogP contribution < -0.4 is 16.4 Å². The fourth-order valence-corrected chi connectivity index (χ4v) is 3.50. The van der Waals surface area contributed by atoms with Gasteiger partial charge in [-0.1, -0.05) is 0 Å². The van der Waals surface area contributed by atoms with Gasteiger partial charge in [0.05, 0.1) is 28.4 Å². The second-order valence-electron chi connectivity index (χ2n) is 6.79. The van der Waals surface area contributed by atoms with Crippen LogP contribution in [0.2, 0.25) is 0 Å². The number of amides is 1. The molecule has 1 amide bonds.